The van der Waals surface area contributed by atoms with Crippen LogP contribution in [0.25, 0.3) is 0 Å². The van der Waals surface area contributed by atoms with Crippen molar-refractivity contribution < 1.29 is 14.6 Å². The molecule has 3 nitrogen and oxygen atoms in total. The van der Waals surface area contributed by atoms with Crippen molar-refractivity contribution in [2.45, 2.75) is 58.3 Å². The van der Waals surface area contributed by atoms with Crippen LogP contribution in [0.4, 0.5) is 0 Å². The average molecular weight is 292 g/mol. The van der Waals surface area contributed by atoms with Crippen LogP contribution in [0.2, 0.25) is 0 Å². The first kappa shape index (κ1) is 14.2. The van der Waals surface area contributed by atoms with Gasteiger partial charge in [0.25, 0.3) is 0 Å². The molecule has 1 spiro atoms. The molecule has 4 aliphatic rings. The van der Waals surface area contributed by atoms with E-state index in [4.69, 9.17) is 9.47 Å². The van der Waals surface area contributed by atoms with Crippen molar-refractivity contribution in [3.05, 3.63) is 11.6 Å². The highest BCUT2D eigenvalue weighted by atomic mass is 16.7. The highest BCUT2D eigenvalue weighted by Gasteiger charge is 2.58. The van der Waals surface area contributed by atoms with Gasteiger partial charge in [0, 0.05) is 17.8 Å². The van der Waals surface area contributed by atoms with E-state index in [1.54, 1.807) is 5.57 Å². The summed E-state index contributed by atoms with van der Waals surface area (Å²) in [4.78, 5) is 0. The number of rotatable bonds is 0. The largest absolute Gasteiger partial charge is 0.392 e. The van der Waals surface area contributed by atoms with Crippen LogP contribution in [0.1, 0.15) is 46.5 Å². The SMILES string of the molecule is CC1C2=CC[C@]3(C)C(C[C@H](C)[C@H]3O)C2CCC12OCCO2. The molecule has 1 saturated heterocycles. The van der Waals surface area contributed by atoms with Gasteiger partial charge in [-0.25, -0.2) is 0 Å². The number of aliphatic hydroxyl groups excluding tert-OH is 1. The first-order chi connectivity index (χ1) is 9.98. The third-order valence-corrected chi connectivity index (χ3v) is 7.12. The number of hydrogen-bond acceptors (Lipinski definition) is 3. The summed E-state index contributed by atoms with van der Waals surface area (Å²) in [6.45, 7) is 8.26. The highest BCUT2D eigenvalue weighted by Crippen LogP contribution is 2.61. The quantitative estimate of drug-likeness (QED) is 0.697. The van der Waals surface area contributed by atoms with E-state index in [2.05, 4.69) is 26.8 Å². The van der Waals surface area contributed by atoms with Gasteiger partial charge >= 0.3 is 0 Å². The lowest BCUT2D eigenvalue weighted by atomic mass is 9.58. The van der Waals surface area contributed by atoms with Crippen molar-refractivity contribution in [3.63, 3.8) is 0 Å². The number of hydrogen-bond donors (Lipinski definition) is 1. The molecule has 3 unspecified atom stereocenters. The third kappa shape index (κ3) is 1.77. The van der Waals surface area contributed by atoms with Crippen LogP contribution in [0.15, 0.2) is 11.6 Å². The number of aliphatic hydroxyl groups is 1. The highest BCUT2D eigenvalue weighted by molar-refractivity contribution is 5.26. The number of fused-ring (bicyclic) bond motifs is 3. The van der Waals surface area contributed by atoms with Crippen molar-refractivity contribution in [3.8, 4) is 0 Å². The molecular weight excluding hydrogens is 264 g/mol. The van der Waals surface area contributed by atoms with E-state index in [0.29, 0.717) is 23.7 Å². The van der Waals surface area contributed by atoms with Gasteiger partial charge in [0.2, 0.25) is 0 Å². The van der Waals surface area contributed by atoms with E-state index in [-0.39, 0.29) is 17.3 Å². The topological polar surface area (TPSA) is 38.7 Å². The maximum atomic E-state index is 10.6. The summed E-state index contributed by atoms with van der Waals surface area (Å²) in [6.07, 6.45) is 6.60. The molecule has 3 aliphatic carbocycles. The van der Waals surface area contributed by atoms with Crippen molar-refractivity contribution in [1.82, 2.24) is 0 Å². The fourth-order valence-corrected chi connectivity index (χ4v) is 5.84. The second-order valence-corrected chi connectivity index (χ2v) is 8.05. The van der Waals surface area contributed by atoms with E-state index < -0.39 is 0 Å². The summed E-state index contributed by atoms with van der Waals surface area (Å²) in [5.41, 5.74) is 1.63. The van der Waals surface area contributed by atoms with Gasteiger partial charge in [-0.3, -0.25) is 0 Å². The minimum Gasteiger partial charge on any atom is -0.392 e. The Kier molecular flexibility index (Phi) is 3.09. The monoisotopic (exact) mass is 292 g/mol. The first-order valence-electron chi connectivity index (χ1n) is 8.64. The molecule has 21 heavy (non-hydrogen) atoms. The van der Waals surface area contributed by atoms with Gasteiger partial charge in [-0.05, 0) is 37.0 Å². The van der Waals surface area contributed by atoms with E-state index in [1.807, 2.05) is 0 Å². The molecule has 118 valence electrons. The molecule has 1 heterocycles. The van der Waals surface area contributed by atoms with Crippen LogP contribution < -0.4 is 0 Å². The van der Waals surface area contributed by atoms with Crippen molar-refractivity contribution >= 4 is 0 Å². The van der Waals surface area contributed by atoms with Gasteiger partial charge in [0.15, 0.2) is 5.79 Å². The molecule has 0 aromatic rings. The second kappa shape index (κ2) is 4.56. The molecule has 0 amide bonds. The molecule has 0 aromatic heterocycles. The molecule has 3 heteroatoms. The molecule has 3 fully saturated rings. The zero-order chi connectivity index (χ0) is 14.8. The van der Waals surface area contributed by atoms with Gasteiger partial charge < -0.3 is 14.6 Å². The Morgan fingerprint density at radius 2 is 1.95 bits per heavy atom. The summed E-state index contributed by atoms with van der Waals surface area (Å²) >= 11 is 0. The predicted octanol–water partition coefficient (Wildman–Crippen LogP) is 3.13. The number of ether oxygens (including phenoxy) is 2. The maximum Gasteiger partial charge on any atom is 0.174 e. The molecule has 2 saturated carbocycles. The van der Waals surface area contributed by atoms with Gasteiger partial charge in [-0.15, -0.1) is 0 Å². The van der Waals surface area contributed by atoms with Gasteiger partial charge in [0.05, 0.1) is 19.3 Å². The van der Waals surface area contributed by atoms with Crippen LogP contribution in [-0.2, 0) is 9.47 Å². The van der Waals surface area contributed by atoms with Crippen molar-refractivity contribution in [2.24, 2.45) is 29.1 Å². The Labute approximate surface area is 127 Å². The fourth-order valence-electron chi connectivity index (χ4n) is 5.84. The lowest BCUT2D eigenvalue weighted by Gasteiger charge is -2.51. The standard InChI is InChI=1S/C18H28O3/c1-11-10-15-14-5-7-18(20-8-9-21-18)12(2)13(14)4-6-17(15,3)16(11)19/h4,11-12,14-16,19H,5-10H2,1-3H3/t11-,12?,14?,15?,16+,17+/m0/s1. The van der Waals surface area contributed by atoms with Gasteiger partial charge in [-0.2, -0.15) is 0 Å². The van der Waals surface area contributed by atoms with Gasteiger partial charge in [0.1, 0.15) is 0 Å². The van der Waals surface area contributed by atoms with Crippen LogP contribution in [0.5, 0.6) is 0 Å². The average Bonchev–Trinajstić information content (AvgIpc) is 3.02. The maximum absolute atomic E-state index is 10.6. The Morgan fingerprint density at radius 1 is 1.24 bits per heavy atom. The van der Waals surface area contributed by atoms with Crippen LogP contribution in [0, 0.1) is 29.1 Å². The Hall–Kier alpha value is -0.380. The van der Waals surface area contributed by atoms with E-state index >= 15 is 0 Å². The van der Waals surface area contributed by atoms with E-state index in [9.17, 15) is 5.11 Å². The molecule has 4 rings (SSSR count). The summed E-state index contributed by atoms with van der Waals surface area (Å²) in [5.74, 6) is 1.69. The van der Waals surface area contributed by atoms with Crippen molar-refractivity contribution in [2.75, 3.05) is 13.2 Å². The normalized spacial score (nSPS) is 51.6. The van der Waals surface area contributed by atoms with Crippen LogP contribution in [0.3, 0.4) is 0 Å². The molecular formula is C18H28O3. The van der Waals surface area contributed by atoms with Crippen LogP contribution in [-0.4, -0.2) is 30.2 Å². The fraction of sp³-hybridized carbons (Fsp3) is 0.889. The molecule has 1 aliphatic heterocycles. The Bertz CT molecular complexity index is 465. The van der Waals surface area contributed by atoms with Crippen molar-refractivity contribution in [1.29, 1.82) is 0 Å². The molecule has 0 radical (unpaired) electrons. The number of allylic oxidation sites excluding steroid dienone is 1. The first-order valence-corrected chi connectivity index (χ1v) is 8.64. The lowest BCUT2D eigenvalue weighted by molar-refractivity contribution is -0.203. The molecule has 0 aromatic carbocycles. The predicted molar refractivity (Wildman–Crippen MR) is 80.6 cm³/mol. The zero-order valence-electron chi connectivity index (χ0n) is 13.5. The zero-order valence-corrected chi connectivity index (χ0v) is 13.5. The molecule has 1 N–H and O–H groups in total. The smallest absolute Gasteiger partial charge is 0.174 e. The Balaban J connectivity index is 1.67. The summed E-state index contributed by atoms with van der Waals surface area (Å²) < 4.78 is 12.0. The molecule has 6 atom stereocenters. The summed E-state index contributed by atoms with van der Waals surface area (Å²) in [7, 11) is 0. The Morgan fingerprint density at radius 3 is 2.67 bits per heavy atom. The second-order valence-electron chi connectivity index (χ2n) is 8.05. The third-order valence-electron chi connectivity index (χ3n) is 7.12. The van der Waals surface area contributed by atoms with Gasteiger partial charge in [-0.1, -0.05) is 32.4 Å². The van der Waals surface area contributed by atoms with E-state index in [1.165, 1.54) is 6.42 Å². The summed E-state index contributed by atoms with van der Waals surface area (Å²) in [6, 6.07) is 0. The lowest BCUT2D eigenvalue weighted by Crippen LogP contribution is -2.49. The van der Waals surface area contributed by atoms with Crippen LogP contribution >= 0.6 is 0 Å². The minimum absolute atomic E-state index is 0.0786. The molecule has 0 bridgehead atoms. The van der Waals surface area contributed by atoms with E-state index in [0.717, 1.165) is 32.5 Å². The summed E-state index contributed by atoms with van der Waals surface area (Å²) in [5, 5.41) is 10.6. The minimum atomic E-state index is -0.348.